The molecule has 1 amide bonds. The maximum absolute atomic E-state index is 11.6. The van der Waals surface area contributed by atoms with E-state index < -0.39 is 0 Å². The fraction of sp³-hybridized carbons (Fsp3) is 0.538. The van der Waals surface area contributed by atoms with E-state index in [1.165, 1.54) is 11.3 Å². The Morgan fingerprint density at radius 1 is 1.53 bits per heavy atom. The summed E-state index contributed by atoms with van der Waals surface area (Å²) < 4.78 is 10.3. The van der Waals surface area contributed by atoms with Gasteiger partial charge >= 0.3 is 5.97 Å². The van der Waals surface area contributed by atoms with Crippen LogP contribution in [0.15, 0.2) is 17.5 Å². The molecule has 1 unspecified atom stereocenters. The van der Waals surface area contributed by atoms with E-state index in [0.717, 1.165) is 12.8 Å². The zero-order valence-corrected chi connectivity index (χ0v) is 11.4. The van der Waals surface area contributed by atoms with Crippen LogP contribution in [0.5, 0.6) is 0 Å². The van der Waals surface area contributed by atoms with Gasteiger partial charge in [-0.15, -0.1) is 11.3 Å². The van der Waals surface area contributed by atoms with Gasteiger partial charge in [0, 0.05) is 13.2 Å². The smallest absolute Gasteiger partial charge is 0.335 e. The number of esters is 1. The van der Waals surface area contributed by atoms with Crippen LogP contribution in [-0.4, -0.2) is 37.7 Å². The standard InChI is InChI=1S/C13H17NO4S/c15-12(11-5-2-9-19-11)14-6-3-8-18-13(16)10-4-1-7-17-10/h2,5,9-10H,1,3-4,6-8H2,(H,14,15). The van der Waals surface area contributed by atoms with Crippen LogP contribution in [0.2, 0.25) is 0 Å². The van der Waals surface area contributed by atoms with Crippen LogP contribution in [-0.2, 0) is 14.3 Å². The molecular weight excluding hydrogens is 266 g/mol. The van der Waals surface area contributed by atoms with Crippen LogP contribution in [0.4, 0.5) is 0 Å². The number of nitrogens with one attached hydrogen (secondary N) is 1. The van der Waals surface area contributed by atoms with E-state index in [2.05, 4.69) is 5.32 Å². The van der Waals surface area contributed by atoms with Gasteiger partial charge in [0.1, 0.15) is 0 Å². The number of hydrogen-bond acceptors (Lipinski definition) is 5. The number of ether oxygens (including phenoxy) is 2. The maximum Gasteiger partial charge on any atom is 0.335 e. The molecule has 0 spiro atoms. The van der Waals surface area contributed by atoms with E-state index >= 15 is 0 Å². The minimum Gasteiger partial charge on any atom is -0.464 e. The molecule has 2 heterocycles. The van der Waals surface area contributed by atoms with Crippen molar-refractivity contribution in [1.29, 1.82) is 0 Å². The quantitative estimate of drug-likeness (QED) is 0.636. The summed E-state index contributed by atoms with van der Waals surface area (Å²) in [6.07, 6.45) is 1.88. The molecular formula is C13H17NO4S. The summed E-state index contributed by atoms with van der Waals surface area (Å²) in [5.74, 6) is -0.373. The number of hydrogen-bond donors (Lipinski definition) is 1. The van der Waals surface area contributed by atoms with E-state index in [9.17, 15) is 9.59 Å². The van der Waals surface area contributed by atoms with Gasteiger partial charge in [0.15, 0.2) is 6.10 Å². The minimum absolute atomic E-state index is 0.0829. The highest BCUT2D eigenvalue weighted by Gasteiger charge is 2.24. The second kappa shape index (κ2) is 7.25. The van der Waals surface area contributed by atoms with E-state index in [4.69, 9.17) is 9.47 Å². The maximum atomic E-state index is 11.6. The van der Waals surface area contributed by atoms with Gasteiger partial charge in [-0.1, -0.05) is 6.07 Å². The first kappa shape index (κ1) is 14.0. The molecule has 1 aliphatic rings. The zero-order valence-electron chi connectivity index (χ0n) is 10.6. The van der Waals surface area contributed by atoms with Crippen molar-refractivity contribution < 1.29 is 19.1 Å². The highest BCUT2D eigenvalue weighted by atomic mass is 32.1. The molecule has 0 aliphatic carbocycles. The molecule has 19 heavy (non-hydrogen) atoms. The lowest BCUT2D eigenvalue weighted by atomic mass is 10.2. The molecule has 1 aliphatic heterocycles. The third kappa shape index (κ3) is 4.33. The van der Waals surface area contributed by atoms with E-state index in [1.807, 2.05) is 11.4 Å². The Hall–Kier alpha value is -1.40. The van der Waals surface area contributed by atoms with Crippen LogP contribution in [0.25, 0.3) is 0 Å². The minimum atomic E-state index is -0.388. The highest BCUT2D eigenvalue weighted by molar-refractivity contribution is 7.12. The summed E-state index contributed by atoms with van der Waals surface area (Å²) in [6, 6.07) is 3.61. The largest absolute Gasteiger partial charge is 0.464 e. The first-order valence-electron chi connectivity index (χ1n) is 6.37. The summed E-state index contributed by atoms with van der Waals surface area (Å²) in [5.41, 5.74) is 0. The topological polar surface area (TPSA) is 64.6 Å². The summed E-state index contributed by atoms with van der Waals surface area (Å²) in [7, 11) is 0. The lowest BCUT2D eigenvalue weighted by molar-refractivity contribution is -0.154. The molecule has 1 saturated heterocycles. The van der Waals surface area contributed by atoms with Crippen LogP contribution in [0.3, 0.4) is 0 Å². The van der Waals surface area contributed by atoms with Crippen LogP contribution in [0, 0.1) is 0 Å². The van der Waals surface area contributed by atoms with Crippen molar-refractivity contribution in [3.05, 3.63) is 22.4 Å². The van der Waals surface area contributed by atoms with Gasteiger partial charge < -0.3 is 14.8 Å². The Labute approximate surface area is 115 Å². The fourth-order valence-electron chi connectivity index (χ4n) is 1.80. The van der Waals surface area contributed by atoms with Crippen LogP contribution >= 0.6 is 11.3 Å². The van der Waals surface area contributed by atoms with Crippen LogP contribution < -0.4 is 5.32 Å². The van der Waals surface area contributed by atoms with Crippen molar-refractivity contribution in [3.63, 3.8) is 0 Å². The molecule has 2 rings (SSSR count). The Balaban J connectivity index is 1.54. The van der Waals surface area contributed by atoms with E-state index in [-0.39, 0.29) is 18.0 Å². The molecule has 5 nitrogen and oxygen atoms in total. The van der Waals surface area contributed by atoms with Gasteiger partial charge in [-0.05, 0) is 30.7 Å². The molecule has 1 N–H and O–H groups in total. The summed E-state index contributed by atoms with van der Waals surface area (Å²) in [5, 5.41) is 4.64. The van der Waals surface area contributed by atoms with Crippen molar-refractivity contribution in [3.8, 4) is 0 Å². The normalized spacial score (nSPS) is 18.2. The lowest BCUT2D eigenvalue weighted by Crippen LogP contribution is -2.26. The van der Waals surface area contributed by atoms with Gasteiger partial charge in [0.2, 0.25) is 0 Å². The molecule has 1 atom stereocenters. The Morgan fingerprint density at radius 2 is 2.42 bits per heavy atom. The summed E-state index contributed by atoms with van der Waals surface area (Å²) >= 11 is 1.40. The SMILES string of the molecule is O=C(NCCCOC(=O)C1CCCO1)c1cccs1. The van der Waals surface area contributed by atoms with E-state index in [1.54, 1.807) is 6.07 Å². The van der Waals surface area contributed by atoms with Crippen molar-refractivity contribution in [2.75, 3.05) is 19.8 Å². The Kier molecular flexibility index (Phi) is 5.35. The molecule has 0 radical (unpaired) electrons. The zero-order chi connectivity index (χ0) is 13.5. The monoisotopic (exact) mass is 283 g/mol. The molecule has 1 aromatic heterocycles. The average molecular weight is 283 g/mol. The van der Waals surface area contributed by atoms with Gasteiger partial charge in [0.25, 0.3) is 5.91 Å². The molecule has 0 aromatic carbocycles. The van der Waals surface area contributed by atoms with Crippen molar-refractivity contribution in [2.24, 2.45) is 0 Å². The average Bonchev–Trinajstić information content (AvgIpc) is 3.10. The molecule has 6 heteroatoms. The van der Waals surface area contributed by atoms with Gasteiger partial charge in [-0.25, -0.2) is 4.79 Å². The van der Waals surface area contributed by atoms with Gasteiger partial charge in [-0.2, -0.15) is 0 Å². The van der Waals surface area contributed by atoms with Crippen molar-refractivity contribution in [1.82, 2.24) is 5.32 Å². The number of thiophene rings is 1. The number of amides is 1. The van der Waals surface area contributed by atoms with Crippen LogP contribution in [0.1, 0.15) is 28.9 Å². The first-order valence-corrected chi connectivity index (χ1v) is 7.25. The van der Waals surface area contributed by atoms with Gasteiger partial charge in [0.05, 0.1) is 11.5 Å². The molecule has 104 valence electrons. The second-order valence-electron chi connectivity index (χ2n) is 4.26. The third-order valence-electron chi connectivity index (χ3n) is 2.79. The summed E-state index contributed by atoms with van der Waals surface area (Å²) in [6.45, 7) is 1.44. The van der Waals surface area contributed by atoms with Gasteiger partial charge in [-0.3, -0.25) is 4.79 Å². The first-order chi connectivity index (χ1) is 9.27. The fourth-order valence-corrected chi connectivity index (χ4v) is 2.44. The lowest BCUT2D eigenvalue weighted by Gasteiger charge is -2.09. The predicted molar refractivity (Wildman–Crippen MR) is 71.2 cm³/mol. The van der Waals surface area contributed by atoms with Crippen molar-refractivity contribution in [2.45, 2.75) is 25.4 Å². The van der Waals surface area contributed by atoms with Crippen molar-refractivity contribution >= 4 is 23.2 Å². The molecule has 0 bridgehead atoms. The van der Waals surface area contributed by atoms with E-state index in [0.29, 0.717) is 31.1 Å². The number of carbonyl (C=O) groups excluding carboxylic acids is 2. The molecule has 1 aromatic rings. The summed E-state index contributed by atoms with van der Waals surface area (Å²) in [4.78, 5) is 23.8. The number of rotatable bonds is 6. The molecule has 1 fully saturated rings. The molecule has 0 saturated carbocycles. The number of carbonyl (C=O) groups is 2. The Bertz CT molecular complexity index is 412. The second-order valence-corrected chi connectivity index (χ2v) is 5.20. The Morgan fingerprint density at radius 3 is 3.11 bits per heavy atom. The predicted octanol–water partition coefficient (Wildman–Crippen LogP) is 1.59. The highest BCUT2D eigenvalue weighted by Crippen LogP contribution is 2.13. The third-order valence-corrected chi connectivity index (χ3v) is 3.66.